The van der Waals surface area contributed by atoms with E-state index in [1.807, 2.05) is 0 Å². The molecule has 1 aliphatic heterocycles. The molecule has 1 heterocycles. The zero-order valence-corrected chi connectivity index (χ0v) is 8.28. The lowest BCUT2D eigenvalue weighted by Crippen LogP contribution is -2.46. The van der Waals surface area contributed by atoms with E-state index in [0.717, 1.165) is 26.2 Å². The molecule has 0 aromatic rings. The van der Waals surface area contributed by atoms with Gasteiger partial charge >= 0.3 is 5.97 Å². The van der Waals surface area contributed by atoms with Gasteiger partial charge in [-0.25, -0.2) is 0 Å². The maximum Gasteiger partial charge on any atom is 0.307 e. The lowest BCUT2D eigenvalue weighted by molar-refractivity contribution is -0.143. The topological polar surface area (TPSA) is 72.8 Å². The van der Waals surface area contributed by atoms with Crippen LogP contribution in [-0.4, -0.2) is 60.4 Å². The van der Waals surface area contributed by atoms with Gasteiger partial charge in [0.05, 0.1) is 5.92 Å². The number of aliphatic hydroxyl groups excluding tert-OH is 1. The molecular formula is C9H18N2O3. The van der Waals surface area contributed by atoms with E-state index in [1.165, 1.54) is 0 Å². The Labute approximate surface area is 83.7 Å². The first-order valence-electron chi connectivity index (χ1n) is 5.00. The Bertz CT molecular complexity index is 181. The minimum absolute atomic E-state index is 0.0525. The van der Waals surface area contributed by atoms with Crippen molar-refractivity contribution >= 4 is 5.97 Å². The molecule has 1 atom stereocenters. The van der Waals surface area contributed by atoms with Gasteiger partial charge in [-0.1, -0.05) is 0 Å². The summed E-state index contributed by atoms with van der Waals surface area (Å²) >= 11 is 0. The molecule has 0 aromatic carbocycles. The molecule has 1 aliphatic rings. The SMILES string of the molecule is O=C(O)C(CCO)CN1CCNCC1. The highest BCUT2D eigenvalue weighted by Crippen LogP contribution is 2.06. The van der Waals surface area contributed by atoms with Gasteiger partial charge in [-0.2, -0.15) is 0 Å². The summed E-state index contributed by atoms with van der Waals surface area (Å²) in [6.07, 6.45) is 0.346. The molecule has 1 unspecified atom stereocenters. The number of rotatable bonds is 5. The molecule has 0 aromatic heterocycles. The van der Waals surface area contributed by atoms with Crippen LogP contribution in [0.2, 0.25) is 0 Å². The molecule has 1 fully saturated rings. The highest BCUT2D eigenvalue weighted by atomic mass is 16.4. The normalized spacial score (nSPS) is 20.6. The summed E-state index contributed by atoms with van der Waals surface area (Å²) in [5, 5.41) is 20.8. The molecule has 0 saturated carbocycles. The number of aliphatic carboxylic acids is 1. The summed E-state index contributed by atoms with van der Waals surface area (Å²) in [5.41, 5.74) is 0. The van der Waals surface area contributed by atoms with Crippen LogP contribution in [0.4, 0.5) is 0 Å². The van der Waals surface area contributed by atoms with E-state index < -0.39 is 11.9 Å². The van der Waals surface area contributed by atoms with Crippen molar-refractivity contribution in [2.45, 2.75) is 6.42 Å². The van der Waals surface area contributed by atoms with Crippen molar-refractivity contribution < 1.29 is 15.0 Å². The van der Waals surface area contributed by atoms with Crippen LogP contribution in [0.3, 0.4) is 0 Å². The summed E-state index contributed by atoms with van der Waals surface area (Å²) in [6.45, 7) is 4.14. The minimum atomic E-state index is -0.808. The van der Waals surface area contributed by atoms with Crippen LogP contribution in [0, 0.1) is 5.92 Å². The number of aliphatic hydroxyl groups is 1. The van der Waals surface area contributed by atoms with Crippen molar-refractivity contribution in [2.24, 2.45) is 5.92 Å². The number of carboxylic acid groups (broad SMARTS) is 1. The van der Waals surface area contributed by atoms with E-state index in [9.17, 15) is 4.79 Å². The molecule has 14 heavy (non-hydrogen) atoms. The molecule has 1 saturated heterocycles. The van der Waals surface area contributed by atoms with Gasteiger partial charge in [0, 0.05) is 39.3 Å². The standard InChI is InChI=1S/C9H18N2O3/c12-6-1-8(9(13)14)7-11-4-2-10-3-5-11/h8,10,12H,1-7H2,(H,13,14). The Morgan fingerprint density at radius 2 is 2.07 bits per heavy atom. The predicted octanol–water partition coefficient (Wildman–Crippen LogP) is -1.03. The molecule has 82 valence electrons. The van der Waals surface area contributed by atoms with Gasteiger partial charge in [0.25, 0.3) is 0 Å². The average molecular weight is 202 g/mol. The van der Waals surface area contributed by atoms with Gasteiger partial charge < -0.3 is 15.5 Å². The lowest BCUT2D eigenvalue weighted by Gasteiger charge is -2.29. The van der Waals surface area contributed by atoms with Gasteiger partial charge in [-0.3, -0.25) is 9.69 Å². The smallest absolute Gasteiger partial charge is 0.307 e. The van der Waals surface area contributed by atoms with Crippen LogP contribution in [0.1, 0.15) is 6.42 Å². The maximum atomic E-state index is 10.8. The molecule has 0 amide bonds. The Balaban J connectivity index is 2.33. The second-order valence-electron chi connectivity index (χ2n) is 3.60. The second-order valence-corrected chi connectivity index (χ2v) is 3.60. The molecule has 1 rings (SSSR count). The molecular weight excluding hydrogens is 184 g/mol. The van der Waals surface area contributed by atoms with Crippen LogP contribution in [0.25, 0.3) is 0 Å². The summed E-state index contributed by atoms with van der Waals surface area (Å²) in [7, 11) is 0. The fraction of sp³-hybridized carbons (Fsp3) is 0.889. The van der Waals surface area contributed by atoms with Crippen molar-refractivity contribution in [3.8, 4) is 0 Å². The van der Waals surface area contributed by atoms with Crippen molar-refractivity contribution in [3.05, 3.63) is 0 Å². The minimum Gasteiger partial charge on any atom is -0.481 e. The van der Waals surface area contributed by atoms with Gasteiger partial charge in [-0.05, 0) is 6.42 Å². The molecule has 5 heteroatoms. The van der Waals surface area contributed by atoms with Gasteiger partial charge in [0.2, 0.25) is 0 Å². The lowest BCUT2D eigenvalue weighted by atomic mass is 10.1. The molecule has 0 spiro atoms. The van der Waals surface area contributed by atoms with Crippen LogP contribution < -0.4 is 5.32 Å². The van der Waals surface area contributed by atoms with Crippen molar-refractivity contribution in [3.63, 3.8) is 0 Å². The van der Waals surface area contributed by atoms with Crippen molar-refractivity contribution in [2.75, 3.05) is 39.3 Å². The maximum absolute atomic E-state index is 10.8. The summed E-state index contributed by atoms with van der Waals surface area (Å²) in [5.74, 6) is -1.24. The van der Waals surface area contributed by atoms with E-state index in [0.29, 0.717) is 13.0 Å². The summed E-state index contributed by atoms with van der Waals surface area (Å²) in [6, 6.07) is 0. The van der Waals surface area contributed by atoms with Crippen LogP contribution in [-0.2, 0) is 4.79 Å². The van der Waals surface area contributed by atoms with Crippen LogP contribution in [0.15, 0.2) is 0 Å². The highest BCUT2D eigenvalue weighted by molar-refractivity contribution is 5.70. The highest BCUT2D eigenvalue weighted by Gasteiger charge is 2.21. The third-order valence-electron chi connectivity index (χ3n) is 2.52. The Kier molecular flexibility index (Phi) is 4.86. The monoisotopic (exact) mass is 202 g/mol. The summed E-state index contributed by atoms with van der Waals surface area (Å²) < 4.78 is 0. The molecule has 0 radical (unpaired) electrons. The number of carbonyl (C=O) groups is 1. The van der Waals surface area contributed by atoms with Gasteiger partial charge in [-0.15, -0.1) is 0 Å². The molecule has 5 nitrogen and oxygen atoms in total. The Morgan fingerprint density at radius 3 is 2.57 bits per heavy atom. The third-order valence-corrected chi connectivity index (χ3v) is 2.52. The number of piperazine rings is 1. The van der Waals surface area contributed by atoms with Crippen LogP contribution >= 0.6 is 0 Å². The van der Waals surface area contributed by atoms with Gasteiger partial charge in [0.15, 0.2) is 0 Å². The van der Waals surface area contributed by atoms with E-state index in [1.54, 1.807) is 0 Å². The summed E-state index contributed by atoms with van der Waals surface area (Å²) in [4.78, 5) is 12.9. The first-order chi connectivity index (χ1) is 6.74. The number of nitrogens with zero attached hydrogens (tertiary/aromatic N) is 1. The largest absolute Gasteiger partial charge is 0.481 e. The first-order valence-corrected chi connectivity index (χ1v) is 5.00. The quantitative estimate of drug-likeness (QED) is 0.532. The Hall–Kier alpha value is -0.650. The molecule has 0 bridgehead atoms. The second kappa shape index (κ2) is 5.95. The average Bonchev–Trinajstić information content (AvgIpc) is 2.18. The molecule has 0 aliphatic carbocycles. The van der Waals surface area contributed by atoms with Crippen molar-refractivity contribution in [1.82, 2.24) is 10.2 Å². The van der Waals surface area contributed by atoms with Gasteiger partial charge in [0.1, 0.15) is 0 Å². The number of hydrogen-bond acceptors (Lipinski definition) is 4. The number of carboxylic acids is 1. The third kappa shape index (κ3) is 3.61. The zero-order chi connectivity index (χ0) is 10.4. The number of hydrogen-bond donors (Lipinski definition) is 3. The predicted molar refractivity (Wildman–Crippen MR) is 52.1 cm³/mol. The van der Waals surface area contributed by atoms with E-state index in [2.05, 4.69) is 10.2 Å². The number of nitrogens with one attached hydrogen (secondary N) is 1. The molecule has 3 N–H and O–H groups in total. The van der Waals surface area contributed by atoms with Crippen LogP contribution in [0.5, 0.6) is 0 Å². The van der Waals surface area contributed by atoms with E-state index in [4.69, 9.17) is 10.2 Å². The first kappa shape index (κ1) is 11.4. The van der Waals surface area contributed by atoms with E-state index >= 15 is 0 Å². The Morgan fingerprint density at radius 1 is 1.43 bits per heavy atom. The van der Waals surface area contributed by atoms with Crippen molar-refractivity contribution in [1.29, 1.82) is 0 Å². The fourth-order valence-electron chi connectivity index (χ4n) is 1.65. The van der Waals surface area contributed by atoms with E-state index in [-0.39, 0.29) is 6.61 Å². The zero-order valence-electron chi connectivity index (χ0n) is 8.28. The fourth-order valence-corrected chi connectivity index (χ4v) is 1.65.